The summed E-state index contributed by atoms with van der Waals surface area (Å²) >= 11 is 0. The molecule has 5 heterocycles. The van der Waals surface area contributed by atoms with E-state index >= 15 is 0 Å². The Labute approximate surface area is 219 Å². The molecule has 0 saturated carbocycles. The minimum Gasteiger partial charge on any atom is -0.462 e. The zero-order chi connectivity index (χ0) is 24.9. The number of fused-ring (bicyclic) bond motifs is 4. The normalized spacial score (nSPS) is 25.6. The van der Waals surface area contributed by atoms with Crippen molar-refractivity contribution in [3.8, 4) is 6.01 Å². The van der Waals surface area contributed by atoms with Crippen LogP contribution in [0.5, 0.6) is 6.01 Å². The number of aromatic nitrogens is 2. The number of piperazine rings is 1. The molecule has 194 valence electrons. The number of hydrogen-bond acceptors (Lipinski definition) is 7. The van der Waals surface area contributed by atoms with E-state index < -0.39 is 0 Å². The quantitative estimate of drug-likeness (QED) is 0.572. The van der Waals surface area contributed by atoms with E-state index in [1.165, 1.54) is 53.3 Å². The first-order chi connectivity index (χ1) is 18.1. The Kier molecular flexibility index (Phi) is 5.93. The average Bonchev–Trinajstić information content (AvgIpc) is 3.49. The van der Waals surface area contributed by atoms with E-state index in [-0.39, 0.29) is 0 Å². The number of likely N-dealkylation sites (N-methyl/N-ethyl adjacent to an activating group) is 1. The molecule has 0 aliphatic carbocycles. The molecule has 3 saturated heterocycles. The highest BCUT2D eigenvalue weighted by Crippen LogP contribution is 2.36. The van der Waals surface area contributed by atoms with Crippen LogP contribution in [0.25, 0.3) is 10.8 Å². The highest BCUT2D eigenvalue weighted by Gasteiger charge is 2.35. The van der Waals surface area contributed by atoms with E-state index in [0.29, 0.717) is 30.7 Å². The van der Waals surface area contributed by atoms with Gasteiger partial charge in [0.25, 0.3) is 0 Å². The van der Waals surface area contributed by atoms with Gasteiger partial charge in [-0.15, -0.1) is 0 Å². The van der Waals surface area contributed by atoms with E-state index in [4.69, 9.17) is 14.7 Å². The highest BCUT2D eigenvalue weighted by molar-refractivity contribution is 5.95. The second kappa shape index (κ2) is 9.44. The smallest absolute Gasteiger partial charge is 0.318 e. The number of likely N-dealkylation sites (tertiary alicyclic amines) is 1. The van der Waals surface area contributed by atoms with Crippen LogP contribution in [0.2, 0.25) is 0 Å². The first-order valence-corrected chi connectivity index (χ1v) is 14.1. The van der Waals surface area contributed by atoms with Gasteiger partial charge in [-0.1, -0.05) is 29.8 Å². The summed E-state index contributed by atoms with van der Waals surface area (Å²) in [4.78, 5) is 17.5. The Bertz CT molecular complexity index is 1300. The summed E-state index contributed by atoms with van der Waals surface area (Å²) < 4.78 is 6.33. The van der Waals surface area contributed by atoms with Crippen LogP contribution >= 0.6 is 0 Å². The molecular weight excluding hydrogens is 460 g/mol. The van der Waals surface area contributed by atoms with Gasteiger partial charge in [-0.25, -0.2) is 0 Å². The second-order valence-electron chi connectivity index (χ2n) is 11.6. The van der Waals surface area contributed by atoms with Crippen molar-refractivity contribution in [3.05, 3.63) is 53.2 Å². The first-order valence-electron chi connectivity index (χ1n) is 14.1. The average molecular weight is 499 g/mol. The summed E-state index contributed by atoms with van der Waals surface area (Å²) in [5.74, 6) is 1.12. The van der Waals surface area contributed by atoms with Gasteiger partial charge >= 0.3 is 6.01 Å². The van der Waals surface area contributed by atoms with Crippen molar-refractivity contribution in [2.45, 2.75) is 63.7 Å². The molecule has 0 spiro atoms. The Morgan fingerprint density at radius 3 is 2.68 bits per heavy atom. The van der Waals surface area contributed by atoms with Gasteiger partial charge in [-0.05, 0) is 70.1 Å². The molecule has 3 fully saturated rings. The topological polar surface area (TPSA) is 56.8 Å². The summed E-state index contributed by atoms with van der Waals surface area (Å²) in [6.45, 7) is 7.79. The van der Waals surface area contributed by atoms with E-state index in [1.807, 2.05) is 0 Å². The monoisotopic (exact) mass is 498 g/mol. The molecule has 1 aromatic heterocycles. The molecule has 1 unspecified atom stereocenters. The van der Waals surface area contributed by atoms with Gasteiger partial charge in [0.15, 0.2) is 0 Å². The van der Waals surface area contributed by atoms with Gasteiger partial charge in [0, 0.05) is 54.4 Å². The first kappa shape index (κ1) is 23.2. The summed E-state index contributed by atoms with van der Waals surface area (Å²) in [7, 11) is 2.19. The van der Waals surface area contributed by atoms with Gasteiger partial charge in [0.05, 0.1) is 12.2 Å². The number of ether oxygens (including phenoxy) is 1. The van der Waals surface area contributed by atoms with Gasteiger partial charge in [0.1, 0.15) is 12.4 Å². The SMILES string of the molecule is Cc1ccc2cccc(N3CCc4c(nc(OCC5CCCN5C)nc4N4C[C@H]5CC[C@@H](C4)N5)C3)c2c1. The van der Waals surface area contributed by atoms with Gasteiger partial charge < -0.3 is 24.8 Å². The van der Waals surface area contributed by atoms with E-state index in [2.05, 4.69) is 70.4 Å². The summed E-state index contributed by atoms with van der Waals surface area (Å²) in [5.41, 5.74) is 5.03. The van der Waals surface area contributed by atoms with Crippen LogP contribution in [0.4, 0.5) is 11.5 Å². The van der Waals surface area contributed by atoms with Gasteiger partial charge in [-0.3, -0.25) is 0 Å². The van der Waals surface area contributed by atoms with Crippen molar-refractivity contribution in [2.24, 2.45) is 0 Å². The number of hydrogen-bond donors (Lipinski definition) is 1. The van der Waals surface area contributed by atoms with Crippen LogP contribution < -0.4 is 19.9 Å². The predicted molar refractivity (Wildman–Crippen MR) is 149 cm³/mol. The van der Waals surface area contributed by atoms with Gasteiger partial charge in [0.2, 0.25) is 0 Å². The van der Waals surface area contributed by atoms with Crippen molar-refractivity contribution in [1.82, 2.24) is 20.2 Å². The number of nitrogens with one attached hydrogen (secondary N) is 1. The third-order valence-electron chi connectivity index (χ3n) is 8.97. The van der Waals surface area contributed by atoms with Crippen LogP contribution in [0.3, 0.4) is 0 Å². The number of nitrogens with zero attached hydrogens (tertiary/aromatic N) is 5. The lowest BCUT2D eigenvalue weighted by Gasteiger charge is -2.37. The Morgan fingerprint density at radius 2 is 1.86 bits per heavy atom. The lowest BCUT2D eigenvalue weighted by Crippen LogP contribution is -2.52. The van der Waals surface area contributed by atoms with Crippen molar-refractivity contribution < 1.29 is 4.74 Å². The minimum absolute atomic E-state index is 0.452. The number of rotatable bonds is 5. The Hall–Kier alpha value is -2.90. The molecule has 0 amide bonds. The van der Waals surface area contributed by atoms with E-state index in [1.54, 1.807) is 0 Å². The molecule has 7 rings (SSSR count). The van der Waals surface area contributed by atoms with Crippen LogP contribution in [-0.2, 0) is 13.0 Å². The highest BCUT2D eigenvalue weighted by atomic mass is 16.5. The fourth-order valence-electron chi connectivity index (χ4n) is 6.90. The third kappa shape index (κ3) is 4.42. The molecule has 7 nitrogen and oxygen atoms in total. The molecule has 1 N–H and O–H groups in total. The molecule has 3 aromatic rings. The molecule has 2 aromatic carbocycles. The lowest BCUT2D eigenvalue weighted by molar-refractivity contribution is 0.187. The Balaban J connectivity index is 1.22. The molecule has 4 aliphatic heterocycles. The number of anilines is 2. The fourth-order valence-corrected chi connectivity index (χ4v) is 6.90. The van der Waals surface area contributed by atoms with Crippen molar-refractivity contribution in [3.63, 3.8) is 0 Å². The zero-order valence-electron chi connectivity index (χ0n) is 22.1. The summed E-state index contributed by atoms with van der Waals surface area (Å²) in [6, 6.07) is 15.5. The molecular formula is C30H38N6O. The van der Waals surface area contributed by atoms with E-state index in [9.17, 15) is 0 Å². The molecule has 3 atom stereocenters. The summed E-state index contributed by atoms with van der Waals surface area (Å²) in [6.07, 6.45) is 5.91. The fraction of sp³-hybridized carbons (Fsp3) is 0.533. The Morgan fingerprint density at radius 1 is 1.00 bits per heavy atom. The number of benzene rings is 2. The number of aryl methyl sites for hydroxylation is 1. The van der Waals surface area contributed by atoms with Crippen LogP contribution in [-0.4, -0.2) is 72.8 Å². The minimum atomic E-state index is 0.452. The maximum absolute atomic E-state index is 6.33. The van der Waals surface area contributed by atoms with Crippen LogP contribution in [0.1, 0.15) is 42.5 Å². The van der Waals surface area contributed by atoms with E-state index in [0.717, 1.165) is 50.7 Å². The summed E-state index contributed by atoms with van der Waals surface area (Å²) in [5, 5.41) is 6.38. The van der Waals surface area contributed by atoms with Crippen LogP contribution in [0, 0.1) is 6.92 Å². The maximum Gasteiger partial charge on any atom is 0.318 e. The van der Waals surface area contributed by atoms with Crippen molar-refractivity contribution >= 4 is 22.3 Å². The molecule has 7 heteroatoms. The van der Waals surface area contributed by atoms with Crippen LogP contribution in [0.15, 0.2) is 36.4 Å². The molecule has 0 radical (unpaired) electrons. The van der Waals surface area contributed by atoms with Crippen molar-refractivity contribution in [2.75, 3.05) is 49.6 Å². The maximum atomic E-state index is 6.33. The molecule has 2 bridgehead atoms. The second-order valence-corrected chi connectivity index (χ2v) is 11.6. The standard InChI is InChI=1S/C30H38N6O/c1-20-8-9-21-5-3-7-28(26(21)15-20)35-14-12-25-27(18-35)32-30(37-19-24-6-4-13-34(24)2)33-29(25)36-16-22-10-11-23(17-36)31-22/h3,5,7-9,15,22-24,31H,4,6,10-14,16-19H2,1-2H3/t22-,23+,24?. The predicted octanol–water partition coefficient (Wildman–Crippen LogP) is 3.91. The lowest BCUT2D eigenvalue weighted by atomic mass is 10.0. The largest absolute Gasteiger partial charge is 0.462 e. The third-order valence-corrected chi connectivity index (χ3v) is 8.97. The van der Waals surface area contributed by atoms with Crippen molar-refractivity contribution in [1.29, 1.82) is 0 Å². The molecule has 37 heavy (non-hydrogen) atoms. The molecule has 4 aliphatic rings. The zero-order valence-corrected chi connectivity index (χ0v) is 22.1. The van der Waals surface area contributed by atoms with Gasteiger partial charge in [-0.2, -0.15) is 9.97 Å².